The summed E-state index contributed by atoms with van der Waals surface area (Å²) in [6.45, 7) is 5.14. The molecule has 3 heteroatoms. The van der Waals surface area contributed by atoms with E-state index in [1.807, 2.05) is 13.1 Å². The van der Waals surface area contributed by atoms with E-state index < -0.39 is 8.32 Å². The van der Waals surface area contributed by atoms with E-state index in [4.69, 9.17) is 0 Å². The van der Waals surface area contributed by atoms with Gasteiger partial charge in [0.1, 0.15) is 0 Å². The van der Waals surface area contributed by atoms with Crippen molar-refractivity contribution in [1.82, 2.24) is 5.32 Å². The van der Waals surface area contributed by atoms with Gasteiger partial charge in [0.2, 0.25) is 0 Å². The Morgan fingerprint density at radius 2 is 1.86 bits per heavy atom. The predicted molar refractivity (Wildman–Crippen MR) is 64.0 cm³/mol. The van der Waals surface area contributed by atoms with E-state index in [1.165, 1.54) is 32.1 Å². The van der Waals surface area contributed by atoms with Crippen LogP contribution < -0.4 is 5.32 Å². The SMILES string of the molecule is C[Si](C)(O)CCCNC1CCCCC1. The zero-order valence-electron chi connectivity index (χ0n) is 9.68. The molecule has 2 nitrogen and oxygen atoms in total. The van der Waals surface area contributed by atoms with E-state index >= 15 is 0 Å². The largest absolute Gasteiger partial charge is 0.432 e. The van der Waals surface area contributed by atoms with Crippen LogP contribution >= 0.6 is 0 Å². The van der Waals surface area contributed by atoms with E-state index in [9.17, 15) is 4.80 Å². The van der Waals surface area contributed by atoms with Gasteiger partial charge in [0.15, 0.2) is 8.32 Å². The molecule has 0 aromatic carbocycles. The molecule has 0 aromatic heterocycles. The quantitative estimate of drug-likeness (QED) is 0.545. The van der Waals surface area contributed by atoms with Crippen LogP contribution in [-0.4, -0.2) is 25.7 Å². The molecule has 0 unspecified atom stereocenters. The van der Waals surface area contributed by atoms with Gasteiger partial charge in [-0.25, -0.2) is 0 Å². The van der Waals surface area contributed by atoms with Crippen molar-refractivity contribution >= 4 is 8.32 Å². The second kappa shape index (κ2) is 5.88. The van der Waals surface area contributed by atoms with Crippen molar-refractivity contribution in [3.05, 3.63) is 0 Å². The van der Waals surface area contributed by atoms with Crippen LogP contribution in [-0.2, 0) is 0 Å². The Bertz CT molecular complexity index is 150. The Morgan fingerprint density at radius 3 is 2.43 bits per heavy atom. The van der Waals surface area contributed by atoms with Gasteiger partial charge in [-0.05, 0) is 44.9 Å². The lowest BCUT2D eigenvalue weighted by Crippen LogP contribution is -2.33. The van der Waals surface area contributed by atoms with Gasteiger partial charge in [0.05, 0.1) is 0 Å². The lowest BCUT2D eigenvalue weighted by Gasteiger charge is -2.23. The minimum absolute atomic E-state index is 0.771. The molecule has 1 fully saturated rings. The molecule has 1 aliphatic rings. The Balaban J connectivity index is 1.97. The van der Waals surface area contributed by atoms with Crippen molar-refractivity contribution in [3.63, 3.8) is 0 Å². The van der Waals surface area contributed by atoms with Gasteiger partial charge in [0, 0.05) is 6.04 Å². The van der Waals surface area contributed by atoms with Gasteiger partial charge in [-0.2, -0.15) is 0 Å². The van der Waals surface area contributed by atoms with Gasteiger partial charge in [0.25, 0.3) is 0 Å². The lowest BCUT2D eigenvalue weighted by molar-refractivity contribution is 0.373. The highest BCUT2D eigenvalue weighted by atomic mass is 28.4. The van der Waals surface area contributed by atoms with Crippen LogP contribution in [0.1, 0.15) is 38.5 Å². The lowest BCUT2D eigenvalue weighted by atomic mass is 9.95. The third-order valence-corrected chi connectivity index (χ3v) is 4.58. The van der Waals surface area contributed by atoms with Crippen molar-refractivity contribution < 1.29 is 4.80 Å². The zero-order valence-corrected chi connectivity index (χ0v) is 10.7. The number of nitrogens with one attached hydrogen (secondary N) is 1. The molecule has 84 valence electrons. The maximum absolute atomic E-state index is 9.67. The first-order valence-electron chi connectivity index (χ1n) is 6.04. The van der Waals surface area contributed by atoms with E-state index in [1.54, 1.807) is 0 Å². The fraction of sp³-hybridized carbons (Fsp3) is 1.00. The minimum Gasteiger partial charge on any atom is -0.432 e. The van der Waals surface area contributed by atoms with Crippen LogP contribution in [0, 0.1) is 0 Å². The van der Waals surface area contributed by atoms with Crippen LogP contribution in [0.25, 0.3) is 0 Å². The first kappa shape index (κ1) is 12.2. The zero-order chi connectivity index (χ0) is 10.4. The Hall–Kier alpha value is 0.137. The summed E-state index contributed by atoms with van der Waals surface area (Å²) in [4.78, 5) is 9.67. The molecule has 0 heterocycles. The number of hydrogen-bond donors (Lipinski definition) is 2. The normalized spacial score (nSPS) is 19.9. The monoisotopic (exact) mass is 215 g/mol. The molecule has 0 aliphatic heterocycles. The minimum atomic E-state index is -1.78. The summed E-state index contributed by atoms with van der Waals surface area (Å²) in [5.41, 5.74) is 0. The molecular formula is C11H25NOSi. The highest BCUT2D eigenvalue weighted by molar-refractivity contribution is 6.69. The average Bonchev–Trinajstić information content (AvgIpc) is 2.13. The van der Waals surface area contributed by atoms with Crippen LogP contribution in [0.5, 0.6) is 0 Å². The summed E-state index contributed by atoms with van der Waals surface area (Å²) in [5.74, 6) is 0. The molecule has 14 heavy (non-hydrogen) atoms. The molecule has 1 aliphatic carbocycles. The second-order valence-corrected chi connectivity index (χ2v) is 9.33. The van der Waals surface area contributed by atoms with Crippen LogP contribution in [0.15, 0.2) is 0 Å². The maximum Gasteiger partial charge on any atom is 0.182 e. The van der Waals surface area contributed by atoms with Crippen molar-refractivity contribution in [2.45, 2.75) is 63.7 Å². The van der Waals surface area contributed by atoms with Crippen molar-refractivity contribution in [1.29, 1.82) is 0 Å². The molecule has 0 radical (unpaired) electrons. The van der Waals surface area contributed by atoms with E-state index in [0.717, 1.165) is 25.1 Å². The average molecular weight is 215 g/mol. The molecular weight excluding hydrogens is 190 g/mol. The van der Waals surface area contributed by atoms with E-state index in [2.05, 4.69) is 5.32 Å². The summed E-state index contributed by atoms with van der Waals surface area (Å²) in [6.07, 6.45) is 8.09. The van der Waals surface area contributed by atoms with Crippen molar-refractivity contribution in [3.8, 4) is 0 Å². The van der Waals surface area contributed by atoms with Gasteiger partial charge in [-0.3, -0.25) is 0 Å². The third-order valence-electron chi connectivity index (χ3n) is 3.00. The molecule has 0 saturated heterocycles. The molecule has 0 amide bonds. The summed E-state index contributed by atoms with van der Waals surface area (Å²) >= 11 is 0. The Kier molecular flexibility index (Phi) is 5.13. The molecule has 0 aromatic rings. The molecule has 1 rings (SSSR count). The van der Waals surface area contributed by atoms with Gasteiger partial charge >= 0.3 is 0 Å². The van der Waals surface area contributed by atoms with Crippen molar-refractivity contribution in [2.75, 3.05) is 6.54 Å². The Morgan fingerprint density at radius 1 is 1.21 bits per heavy atom. The van der Waals surface area contributed by atoms with Crippen LogP contribution in [0.4, 0.5) is 0 Å². The van der Waals surface area contributed by atoms with Crippen LogP contribution in [0.3, 0.4) is 0 Å². The molecule has 0 atom stereocenters. The highest BCUT2D eigenvalue weighted by Gasteiger charge is 2.16. The van der Waals surface area contributed by atoms with E-state index in [-0.39, 0.29) is 0 Å². The van der Waals surface area contributed by atoms with Gasteiger partial charge < -0.3 is 10.1 Å². The first-order chi connectivity index (χ1) is 6.58. The molecule has 2 N–H and O–H groups in total. The number of hydrogen-bond acceptors (Lipinski definition) is 2. The smallest absolute Gasteiger partial charge is 0.182 e. The van der Waals surface area contributed by atoms with Crippen LogP contribution in [0.2, 0.25) is 19.1 Å². The Labute approximate surface area is 89.2 Å². The highest BCUT2D eigenvalue weighted by Crippen LogP contribution is 2.17. The summed E-state index contributed by atoms with van der Waals surface area (Å²) in [5, 5.41) is 3.61. The fourth-order valence-electron chi connectivity index (χ4n) is 2.13. The van der Waals surface area contributed by atoms with Crippen molar-refractivity contribution in [2.24, 2.45) is 0 Å². The van der Waals surface area contributed by atoms with Gasteiger partial charge in [-0.15, -0.1) is 0 Å². The summed E-state index contributed by atoms with van der Waals surface area (Å²) in [7, 11) is -1.78. The summed E-state index contributed by atoms with van der Waals surface area (Å²) < 4.78 is 0. The molecule has 1 saturated carbocycles. The maximum atomic E-state index is 9.67. The number of rotatable bonds is 5. The second-order valence-electron chi connectivity index (χ2n) is 5.21. The molecule has 0 bridgehead atoms. The fourth-order valence-corrected chi connectivity index (χ4v) is 3.18. The standard InChI is InChI=1S/C11H25NOSi/c1-14(2,13)10-6-9-12-11-7-4-3-5-8-11/h11-13H,3-10H2,1-2H3. The molecule has 0 spiro atoms. The summed E-state index contributed by atoms with van der Waals surface area (Å²) in [6, 6.07) is 1.81. The van der Waals surface area contributed by atoms with E-state index in [0.29, 0.717) is 0 Å². The first-order valence-corrected chi connectivity index (χ1v) is 9.19. The topological polar surface area (TPSA) is 32.3 Å². The predicted octanol–water partition coefficient (Wildman–Crippen LogP) is 2.50. The third kappa shape index (κ3) is 5.78. The van der Waals surface area contributed by atoms with Gasteiger partial charge in [-0.1, -0.05) is 19.3 Å².